The number of thiophene rings is 1. The lowest BCUT2D eigenvalue weighted by Gasteiger charge is -2.05. The van der Waals surface area contributed by atoms with Gasteiger partial charge in [0.05, 0.1) is 23.1 Å². The summed E-state index contributed by atoms with van der Waals surface area (Å²) in [5.74, 6) is 0.710. The first-order valence-corrected chi connectivity index (χ1v) is 13.3. The van der Waals surface area contributed by atoms with Gasteiger partial charge in [0.2, 0.25) is 0 Å². The maximum Gasteiger partial charge on any atom is 0.159 e. The standard InChI is InChI=1S/C31H26N6S/c1-3-8-24(28-11-7-14-38-28)29-20(2)34-31(35-29)30-25-16-26(33-19-27(25)36-37-30)23-15-22(17-32-18-23)13-12-21-9-5-4-6-10-21/h3-11,14-19H,1,12-13H2,2H3,(H,34,35)(H,36,37)/b24-8-. The molecule has 2 N–H and O–H groups in total. The van der Waals surface area contributed by atoms with E-state index in [1.54, 1.807) is 17.4 Å². The van der Waals surface area contributed by atoms with Crippen LogP contribution in [-0.4, -0.2) is 30.1 Å². The third-order valence-electron chi connectivity index (χ3n) is 6.52. The molecule has 5 heterocycles. The van der Waals surface area contributed by atoms with E-state index in [2.05, 4.69) is 74.6 Å². The van der Waals surface area contributed by atoms with Gasteiger partial charge in [0.15, 0.2) is 5.82 Å². The van der Waals surface area contributed by atoms with Gasteiger partial charge in [-0.15, -0.1) is 11.3 Å². The molecule has 0 radical (unpaired) electrons. The van der Waals surface area contributed by atoms with Gasteiger partial charge in [0.25, 0.3) is 0 Å². The molecule has 0 saturated heterocycles. The number of nitrogens with one attached hydrogen (secondary N) is 2. The van der Waals surface area contributed by atoms with Crippen molar-refractivity contribution in [2.24, 2.45) is 0 Å². The summed E-state index contributed by atoms with van der Waals surface area (Å²) >= 11 is 1.68. The Bertz CT molecular complexity index is 1740. The van der Waals surface area contributed by atoms with Crippen molar-refractivity contribution in [2.75, 3.05) is 0 Å². The van der Waals surface area contributed by atoms with Gasteiger partial charge in [-0.1, -0.05) is 55.1 Å². The Morgan fingerprint density at radius 2 is 1.87 bits per heavy atom. The SMILES string of the molecule is C=C/C=C(/c1cccs1)c1nc(-c2n[nH]c3cnc(-c4cncc(CCc5ccccc5)c4)cc23)[nH]c1C. The van der Waals surface area contributed by atoms with Crippen LogP contribution in [0, 0.1) is 6.92 Å². The maximum absolute atomic E-state index is 4.97. The van der Waals surface area contributed by atoms with Crippen molar-refractivity contribution in [3.63, 3.8) is 0 Å². The Kier molecular flexibility index (Phi) is 6.50. The van der Waals surface area contributed by atoms with Crippen LogP contribution in [0.5, 0.6) is 0 Å². The van der Waals surface area contributed by atoms with Crippen LogP contribution in [0.25, 0.3) is 39.3 Å². The monoisotopic (exact) mass is 514 g/mol. The molecule has 0 spiro atoms. The number of pyridine rings is 2. The third kappa shape index (κ3) is 4.71. The highest BCUT2D eigenvalue weighted by Gasteiger charge is 2.18. The topological polar surface area (TPSA) is 83.1 Å². The number of nitrogens with zero attached hydrogens (tertiary/aromatic N) is 4. The van der Waals surface area contributed by atoms with E-state index in [1.165, 1.54) is 11.1 Å². The fourth-order valence-electron chi connectivity index (χ4n) is 4.62. The number of aromatic amines is 2. The Labute approximate surface area is 224 Å². The molecular formula is C31H26N6S. The normalized spacial score (nSPS) is 11.8. The van der Waals surface area contributed by atoms with Crippen LogP contribution >= 0.6 is 11.3 Å². The van der Waals surface area contributed by atoms with Crippen LogP contribution in [-0.2, 0) is 12.8 Å². The van der Waals surface area contributed by atoms with E-state index in [-0.39, 0.29) is 0 Å². The predicted molar refractivity (Wildman–Crippen MR) is 155 cm³/mol. The largest absolute Gasteiger partial charge is 0.340 e. The number of benzene rings is 1. The van der Waals surface area contributed by atoms with Crippen LogP contribution in [0.2, 0.25) is 0 Å². The second kappa shape index (κ2) is 10.4. The number of hydrogen-bond acceptors (Lipinski definition) is 5. The third-order valence-corrected chi connectivity index (χ3v) is 7.42. The van der Waals surface area contributed by atoms with Crippen molar-refractivity contribution < 1.29 is 0 Å². The van der Waals surface area contributed by atoms with Gasteiger partial charge < -0.3 is 4.98 Å². The number of allylic oxidation sites excluding steroid dienone is 2. The van der Waals surface area contributed by atoms with Crippen molar-refractivity contribution in [2.45, 2.75) is 19.8 Å². The van der Waals surface area contributed by atoms with Gasteiger partial charge in [-0.25, -0.2) is 4.98 Å². The molecule has 38 heavy (non-hydrogen) atoms. The lowest BCUT2D eigenvalue weighted by molar-refractivity contribution is 0.950. The summed E-state index contributed by atoms with van der Waals surface area (Å²) in [4.78, 5) is 18.7. The summed E-state index contributed by atoms with van der Waals surface area (Å²) in [6.07, 6.45) is 11.3. The molecule has 7 heteroatoms. The fourth-order valence-corrected chi connectivity index (χ4v) is 5.37. The van der Waals surface area contributed by atoms with Crippen molar-refractivity contribution in [1.82, 2.24) is 30.1 Å². The summed E-state index contributed by atoms with van der Waals surface area (Å²) in [7, 11) is 0. The molecule has 0 aliphatic carbocycles. The molecule has 0 fully saturated rings. The Morgan fingerprint density at radius 3 is 2.68 bits per heavy atom. The van der Waals surface area contributed by atoms with Gasteiger partial charge in [-0.2, -0.15) is 5.10 Å². The van der Waals surface area contributed by atoms with Crippen LogP contribution in [0.15, 0.2) is 97.3 Å². The molecule has 1 aromatic carbocycles. The molecule has 186 valence electrons. The average Bonchev–Trinajstić information content (AvgIpc) is 3.71. The number of hydrogen-bond donors (Lipinski definition) is 2. The van der Waals surface area contributed by atoms with Crippen molar-refractivity contribution in [3.8, 4) is 22.8 Å². The highest BCUT2D eigenvalue weighted by atomic mass is 32.1. The lowest BCUT2D eigenvalue weighted by atomic mass is 10.0. The van der Waals surface area contributed by atoms with E-state index in [9.17, 15) is 0 Å². The summed E-state index contributed by atoms with van der Waals surface area (Å²) in [6, 6.07) is 18.9. The average molecular weight is 515 g/mol. The maximum atomic E-state index is 4.97. The molecule has 0 saturated carbocycles. The fraction of sp³-hybridized carbons (Fsp3) is 0.0968. The second-order valence-corrected chi connectivity index (χ2v) is 10.1. The van der Waals surface area contributed by atoms with Gasteiger partial charge >= 0.3 is 0 Å². The summed E-state index contributed by atoms with van der Waals surface area (Å²) in [5, 5.41) is 10.7. The zero-order chi connectivity index (χ0) is 25.9. The molecular weight excluding hydrogens is 488 g/mol. The molecule has 0 unspecified atom stereocenters. The Balaban J connectivity index is 1.33. The Hall–Kier alpha value is -4.62. The van der Waals surface area contributed by atoms with Gasteiger partial charge in [0.1, 0.15) is 5.69 Å². The zero-order valence-electron chi connectivity index (χ0n) is 21.0. The number of aromatic nitrogens is 6. The lowest BCUT2D eigenvalue weighted by Crippen LogP contribution is -1.94. The number of H-pyrrole nitrogens is 2. The van der Waals surface area contributed by atoms with E-state index >= 15 is 0 Å². The highest BCUT2D eigenvalue weighted by molar-refractivity contribution is 7.11. The van der Waals surface area contributed by atoms with E-state index < -0.39 is 0 Å². The molecule has 6 nitrogen and oxygen atoms in total. The van der Waals surface area contributed by atoms with Gasteiger partial charge in [-0.3, -0.25) is 15.1 Å². The van der Waals surface area contributed by atoms with Crippen LogP contribution < -0.4 is 0 Å². The minimum absolute atomic E-state index is 0.710. The molecule has 0 aliphatic rings. The zero-order valence-corrected chi connectivity index (χ0v) is 21.8. The molecule has 6 aromatic rings. The molecule has 5 aromatic heterocycles. The summed E-state index contributed by atoms with van der Waals surface area (Å²) in [6.45, 7) is 5.93. The van der Waals surface area contributed by atoms with E-state index in [0.29, 0.717) is 5.82 Å². The highest BCUT2D eigenvalue weighted by Crippen LogP contribution is 2.32. The van der Waals surface area contributed by atoms with E-state index in [1.807, 2.05) is 43.7 Å². The quantitative estimate of drug-likeness (QED) is 0.211. The number of imidazole rings is 1. The smallest absolute Gasteiger partial charge is 0.159 e. The molecule has 6 rings (SSSR count). The Morgan fingerprint density at radius 1 is 1.00 bits per heavy atom. The minimum Gasteiger partial charge on any atom is -0.340 e. The number of aryl methyl sites for hydroxylation is 3. The first-order valence-electron chi connectivity index (χ1n) is 12.5. The van der Waals surface area contributed by atoms with Crippen molar-refractivity contribution in [3.05, 3.63) is 125 Å². The molecule has 0 atom stereocenters. The van der Waals surface area contributed by atoms with E-state index in [0.717, 1.165) is 62.5 Å². The second-order valence-electron chi connectivity index (χ2n) is 9.11. The predicted octanol–water partition coefficient (Wildman–Crippen LogP) is 7.18. The van der Waals surface area contributed by atoms with Gasteiger partial charge in [0, 0.05) is 39.5 Å². The molecule has 0 bridgehead atoms. The van der Waals surface area contributed by atoms with Crippen LogP contribution in [0.3, 0.4) is 0 Å². The molecule has 0 amide bonds. The first-order chi connectivity index (χ1) is 18.7. The number of fused-ring (bicyclic) bond motifs is 1. The first kappa shape index (κ1) is 23.8. The summed E-state index contributed by atoms with van der Waals surface area (Å²) in [5.41, 5.74) is 8.85. The van der Waals surface area contributed by atoms with Crippen LogP contribution in [0.4, 0.5) is 0 Å². The summed E-state index contributed by atoms with van der Waals surface area (Å²) < 4.78 is 0. The van der Waals surface area contributed by atoms with E-state index in [4.69, 9.17) is 9.97 Å². The minimum atomic E-state index is 0.710. The number of rotatable bonds is 8. The van der Waals surface area contributed by atoms with Crippen molar-refractivity contribution in [1.29, 1.82) is 0 Å². The van der Waals surface area contributed by atoms with Gasteiger partial charge in [-0.05, 0) is 54.5 Å². The molecule has 0 aliphatic heterocycles. The van der Waals surface area contributed by atoms with Crippen LogP contribution in [0.1, 0.15) is 27.4 Å². The van der Waals surface area contributed by atoms with Crippen molar-refractivity contribution >= 4 is 27.8 Å².